The third kappa shape index (κ3) is 7.22. The molecule has 3 fully saturated rings. The van der Waals surface area contributed by atoms with Gasteiger partial charge in [-0.2, -0.15) is 0 Å². The molecular formula is C18H35Cl2N3O2. The number of nitrogens with one attached hydrogen (secondary N) is 2. The van der Waals surface area contributed by atoms with Crippen LogP contribution < -0.4 is 10.6 Å². The Bertz CT molecular complexity index is 381. The lowest BCUT2D eigenvalue weighted by Crippen LogP contribution is -2.46. The molecule has 3 aliphatic heterocycles. The number of methoxy groups -OCH3 is 1. The number of amides is 1. The number of hydrogen-bond donors (Lipinski definition) is 2. The molecule has 3 aliphatic rings. The molecule has 2 atom stereocenters. The van der Waals surface area contributed by atoms with E-state index in [0.717, 1.165) is 51.9 Å². The standard InChI is InChI=1S/C18H33N3O2.2ClH/c1-23-10-2-7-21-8-5-15(6-9-21)20-18(22)13-14-11-16-3-4-17(12-14)19-16;;/h14-17,19H,2-13H2,1H3,(H,20,22);2*1H. The summed E-state index contributed by atoms with van der Waals surface area (Å²) in [6, 6.07) is 1.75. The van der Waals surface area contributed by atoms with Gasteiger partial charge in [-0.15, -0.1) is 24.8 Å². The van der Waals surface area contributed by atoms with Gasteiger partial charge in [0, 0.05) is 57.9 Å². The smallest absolute Gasteiger partial charge is 0.220 e. The fourth-order valence-corrected chi connectivity index (χ4v) is 4.62. The molecule has 2 N–H and O–H groups in total. The van der Waals surface area contributed by atoms with Crippen molar-refractivity contribution in [1.29, 1.82) is 0 Å². The fraction of sp³-hybridized carbons (Fsp3) is 0.944. The van der Waals surface area contributed by atoms with Crippen LogP contribution in [0.4, 0.5) is 0 Å². The van der Waals surface area contributed by atoms with Crippen LogP contribution in [0.5, 0.6) is 0 Å². The molecule has 0 saturated carbocycles. The van der Waals surface area contributed by atoms with Crippen LogP contribution in [0.3, 0.4) is 0 Å². The summed E-state index contributed by atoms with van der Waals surface area (Å²) in [6.07, 6.45) is 9.04. The Kier molecular flexibility index (Phi) is 10.7. The Hall–Kier alpha value is -0.0700. The second-order valence-electron chi connectivity index (χ2n) is 7.71. The van der Waals surface area contributed by atoms with E-state index < -0.39 is 0 Å². The van der Waals surface area contributed by atoms with E-state index in [4.69, 9.17) is 4.74 Å². The van der Waals surface area contributed by atoms with E-state index in [0.29, 0.717) is 24.0 Å². The molecule has 0 aliphatic carbocycles. The molecule has 148 valence electrons. The molecule has 0 radical (unpaired) electrons. The minimum absolute atomic E-state index is 0. The van der Waals surface area contributed by atoms with E-state index in [2.05, 4.69) is 15.5 Å². The number of piperidine rings is 2. The number of hydrogen-bond acceptors (Lipinski definition) is 4. The van der Waals surface area contributed by atoms with Crippen molar-refractivity contribution in [2.45, 2.75) is 69.5 Å². The highest BCUT2D eigenvalue weighted by Gasteiger charge is 2.34. The maximum atomic E-state index is 12.3. The van der Waals surface area contributed by atoms with Crippen LogP contribution in [-0.2, 0) is 9.53 Å². The zero-order valence-corrected chi connectivity index (χ0v) is 17.0. The summed E-state index contributed by atoms with van der Waals surface area (Å²) in [5, 5.41) is 6.95. The van der Waals surface area contributed by atoms with Crippen molar-refractivity contribution in [1.82, 2.24) is 15.5 Å². The van der Waals surface area contributed by atoms with Crippen molar-refractivity contribution in [3.63, 3.8) is 0 Å². The van der Waals surface area contributed by atoms with Crippen molar-refractivity contribution < 1.29 is 9.53 Å². The van der Waals surface area contributed by atoms with E-state index in [9.17, 15) is 4.79 Å². The topological polar surface area (TPSA) is 53.6 Å². The first-order chi connectivity index (χ1) is 11.2. The summed E-state index contributed by atoms with van der Waals surface area (Å²) < 4.78 is 5.11. The lowest BCUT2D eigenvalue weighted by Gasteiger charge is -2.33. The Morgan fingerprint density at radius 1 is 1.12 bits per heavy atom. The van der Waals surface area contributed by atoms with Crippen molar-refractivity contribution in [3.05, 3.63) is 0 Å². The minimum Gasteiger partial charge on any atom is -0.385 e. The molecule has 3 saturated heterocycles. The molecule has 2 bridgehead atoms. The fourth-order valence-electron chi connectivity index (χ4n) is 4.62. The zero-order chi connectivity index (χ0) is 16.1. The third-order valence-electron chi connectivity index (χ3n) is 5.82. The molecule has 0 spiro atoms. The number of rotatable bonds is 7. The second-order valence-corrected chi connectivity index (χ2v) is 7.71. The van der Waals surface area contributed by atoms with Gasteiger partial charge >= 0.3 is 0 Å². The van der Waals surface area contributed by atoms with Crippen LogP contribution in [0, 0.1) is 5.92 Å². The first-order valence-corrected chi connectivity index (χ1v) is 9.49. The SMILES string of the molecule is COCCCN1CCC(NC(=O)CC2CC3CCC(C2)N3)CC1.Cl.Cl. The molecule has 5 nitrogen and oxygen atoms in total. The van der Waals surface area contributed by atoms with Crippen molar-refractivity contribution in [2.24, 2.45) is 5.92 Å². The largest absolute Gasteiger partial charge is 0.385 e. The number of carbonyl (C=O) groups is 1. The predicted molar refractivity (Wildman–Crippen MR) is 106 cm³/mol. The average Bonchev–Trinajstić information content (AvgIpc) is 2.88. The molecule has 0 aromatic carbocycles. The summed E-state index contributed by atoms with van der Waals surface area (Å²) >= 11 is 0. The normalized spacial score (nSPS) is 29.6. The molecule has 3 heterocycles. The number of halogens is 2. The summed E-state index contributed by atoms with van der Waals surface area (Å²) in [4.78, 5) is 14.8. The highest BCUT2D eigenvalue weighted by atomic mass is 35.5. The highest BCUT2D eigenvalue weighted by molar-refractivity contribution is 5.85. The Morgan fingerprint density at radius 2 is 1.76 bits per heavy atom. The average molecular weight is 396 g/mol. The summed E-state index contributed by atoms with van der Waals surface area (Å²) in [5.41, 5.74) is 0. The molecule has 1 amide bonds. The molecule has 2 unspecified atom stereocenters. The Labute approximate surface area is 164 Å². The van der Waals surface area contributed by atoms with E-state index in [1.165, 1.54) is 25.7 Å². The second kappa shape index (κ2) is 11.6. The van der Waals surface area contributed by atoms with Gasteiger partial charge in [-0.1, -0.05) is 0 Å². The van der Waals surface area contributed by atoms with Gasteiger partial charge < -0.3 is 20.3 Å². The molecule has 25 heavy (non-hydrogen) atoms. The Morgan fingerprint density at radius 3 is 2.36 bits per heavy atom. The van der Waals surface area contributed by atoms with Crippen LogP contribution in [-0.4, -0.2) is 62.3 Å². The van der Waals surface area contributed by atoms with E-state index in [1.54, 1.807) is 7.11 Å². The van der Waals surface area contributed by atoms with Crippen molar-refractivity contribution in [3.8, 4) is 0 Å². The highest BCUT2D eigenvalue weighted by Crippen LogP contribution is 2.32. The minimum atomic E-state index is 0. The molecule has 0 aromatic heterocycles. The number of ether oxygens (including phenoxy) is 1. The number of likely N-dealkylation sites (tertiary alicyclic amines) is 1. The number of carbonyl (C=O) groups excluding carboxylic acids is 1. The maximum Gasteiger partial charge on any atom is 0.220 e. The van der Waals surface area contributed by atoms with Crippen LogP contribution in [0.2, 0.25) is 0 Å². The maximum absolute atomic E-state index is 12.3. The summed E-state index contributed by atoms with van der Waals surface area (Å²) in [5.74, 6) is 0.886. The van der Waals surface area contributed by atoms with Gasteiger partial charge in [0.15, 0.2) is 0 Å². The van der Waals surface area contributed by atoms with Gasteiger partial charge in [-0.05, 0) is 50.9 Å². The van der Waals surface area contributed by atoms with E-state index >= 15 is 0 Å². The quantitative estimate of drug-likeness (QED) is 0.649. The summed E-state index contributed by atoms with van der Waals surface area (Å²) in [6.45, 7) is 4.17. The van der Waals surface area contributed by atoms with Gasteiger partial charge in [0.1, 0.15) is 0 Å². The third-order valence-corrected chi connectivity index (χ3v) is 5.82. The Balaban J connectivity index is 0.00000156. The molecule has 0 aromatic rings. The van der Waals surface area contributed by atoms with E-state index in [-0.39, 0.29) is 30.7 Å². The van der Waals surface area contributed by atoms with Gasteiger partial charge in [-0.3, -0.25) is 4.79 Å². The summed E-state index contributed by atoms with van der Waals surface area (Å²) in [7, 11) is 1.76. The first-order valence-electron chi connectivity index (χ1n) is 9.49. The van der Waals surface area contributed by atoms with Crippen LogP contribution in [0.25, 0.3) is 0 Å². The lowest BCUT2D eigenvalue weighted by atomic mass is 9.89. The monoisotopic (exact) mass is 395 g/mol. The van der Waals surface area contributed by atoms with Gasteiger partial charge in [0.2, 0.25) is 5.91 Å². The van der Waals surface area contributed by atoms with Gasteiger partial charge in [0.05, 0.1) is 0 Å². The van der Waals surface area contributed by atoms with Crippen LogP contribution in [0.15, 0.2) is 0 Å². The van der Waals surface area contributed by atoms with Crippen LogP contribution >= 0.6 is 24.8 Å². The molecule has 3 rings (SSSR count). The first kappa shape index (κ1) is 23.0. The van der Waals surface area contributed by atoms with Gasteiger partial charge in [-0.25, -0.2) is 0 Å². The van der Waals surface area contributed by atoms with Crippen molar-refractivity contribution >= 4 is 30.7 Å². The van der Waals surface area contributed by atoms with Crippen LogP contribution in [0.1, 0.15) is 51.4 Å². The number of nitrogens with zero attached hydrogens (tertiary/aromatic N) is 1. The van der Waals surface area contributed by atoms with Crippen molar-refractivity contribution in [2.75, 3.05) is 33.4 Å². The van der Waals surface area contributed by atoms with Gasteiger partial charge in [0.25, 0.3) is 0 Å². The molecular weight excluding hydrogens is 361 g/mol. The predicted octanol–water partition coefficient (Wildman–Crippen LogP) is 2.37. The zero-order valence-electron chi connectivity index (χ0n) is 15.4. The molecule has 7 heteroatoms. The number of fused-ring (bicyclic) bond motifs is 2. The lowest BCUT2D eigenvalue weighted by molar-refractivity contribution is -0.123. The van der Waals surface area contributed by atoms with E-state index in [1.807, 2.05) is 0 Å².